The number of rotatable bonds is 10. The first-order chi connectivity index (χ1) is 14.6. The van der Waals surface area contributed by atoms with E-state index in [-0.39, 0.29) is 12.1 Å². The fourth-order valence-electron chi connectivity index (χ4n) is 2.94. The Morgan fingerprint density at radius 2 is 1.27 bits per heavy atom. The van der Waals surface area contributed by atoms with E-state index in [0.29, 0.717) is 12.3 Å². The van der Waals surface area contributed by atoms with Crippen LogP contribution in [0.4, 0.5) is 0 Å². The van der Waals surface area contributed by atoms with Crippen molar-refractivity contribution in [2.75, 3.05) is 11.5 Å². The number of benzene rings is 3. The van der Waals surface area contributed by atoms with Gasteiger partial charge in [0.1, 0.15) is 6.10 Å². The lowest BCUT2D eigenvalue weighted by atomic mass is 10.0. The Morgan fingerprint density at radius 1 is 0.767 bits per heavy atom. The second kappa shape index (κ2) is 11.9. The van der Waals surface area contributed by atoms with Gasteiger partial charge in [-0.15, -0.1) is 23.5 Å². The van der Waals surface area contributed by atoms with E-state index in [1.165, 1.54) is 15.4 Å². The van der Waals surface area contributed by atoms with Gasteiger partial charge in [-0.1, -0.05) is 74.5 Å². The highest BCUT2D eigenvalue weighted by Crippen LogP contribution is 2.24. The van der Waals surface area contributed by atoms with Crippen LogP contribution < -0.4 is 0 Å². The molecule has 3 rings (SSSR count). The van der Waals surface area contributed by atoms with Crippen LogP contribution in [0.25, 0.3) is 0 Å². The molecule has 0 aliphatic heterocycles. The van der Waals surface area contributed by atoms with E-state index in [1.54, 1.807) is 23.5 Å². The molecule has 2 nitrogen and oxygen atoms in total. The van der Waals surface area contributed by atoms with Crippen LogP contribution in [0.2, 0.25) is 0 Å². The van der Waals surface area contributed by atoms with Crippen molar-refractivity contribution < 1.29 is 9.53 Å². The molecule has 0 N–H and O–H groups in total. The number of esters is 1. The fourth-order valence-corrected chi connectivity index (χ4v) is 4.92. The minimum absolute atomic E-state index is 0.150. The zero-order valence-corrected chi connectivity index (χ0v) is 19.1. The van der Waals surface area contributed by atoms with E-state index in [1.807, 2.05) is 48.5 Å². The van der Waals surface area contributed by atoms with Crippen molar-refractivity contribution in [3.63, 3.8) is 0 Å². The molecule has 3 aromatic rings. The van der Waals surface area contributed by atoms with E-state index < -0.39 is 0 Å². The molecular weight excluding hydrogens is 408 g/mol. The maximum absolute atomic E-state index is 12.6. The van der Waals surface area contributed by atoms with Gasteiger partial charge in [0.25, 0.3) is 0 Å². The predicted molar refractivity (Wildman–Crippen MR) is 128 cm³/mol. The molecule has 0 aromatic heterocycles. The zero-order valence-electron chi connectivity index (χ0n) is 17.5. The third-order valence-electron chi connectivity index (χ3n) is 4.65. The van der Waals surface area contributed by atoms with Crippen LogP contribution in [0.5, 0.6) is 0 Å². The summed E-state index contributed by atoms with van der Waals surface area (Å²) in [7, 11) is 0. The van der Waals surface area contributed by atoms with Crippen molar-refractivity contribution in [1.29, 1.82) is 0 Å². The number of hydrogen-bond donors (Lipinski definition) is 0. The first kappa shape index (κ1) is 22.5. The summed E-state index contributed by atoms with van der Waals surface area (Å²) >= 11 is 3.45. The summed E-state index contributed by atoms with van der Waals surface area (Å²) in [5.74, 6) is 1.80. The summed E-state index contributed by atoms with van der Waals surface area (Å²) in [6.45, 7) is 4.34. The van der Waals surface area contributed by atoms with Crippen LogP contribution in [-0.4, -0.2) is 23.6 Å². The van der Waals surface area contributed by atoms with Crippen molar-refractivity contribution in [1.82, 2.24) is 0 Å². The monoisotopic (exact) mass is 436 g/mol. The van der Waals surface area contributed by atoms with Gasteiger partial charge in [0.05, 0.1) is 6.42 Å². The second-order valence-electron chi connectivity index (χ2n) is 7.43. The normalized spacial score (nSPS) is 11.1. The van der Waals surface area contributed by atoms with Gasteiger partial charge in [0, 0.05) is 21.3 Å². The van der Waals surface area contributed by atoms with Gasteiger partial charge < -0.3 is 4.74 Å². The number of ether oxygens (including phenoxy) is 1. The lowest BCUT2D eigenvalue weighted by Crippen LogP contribution is -2.24. The van der Waals surface area contributed by atoms with Crippen LogP contribution in [0.1, 0.15) is 30.9 Å². The van der Waals surface area contributed by atoms with Crippen LogP contribution >= 0.6 is 23.5 Å². The maximum atomic E-state index is 12.6. The highest BCUT2D eigenvalue weighted by Gasteiger charge is 2.16. The Morgan fingerprint density at radius 3 is 1.73 bits per heavy atom. The van der Waals surface area contributed by atoms with E-state index in [0.717, 1.165) is 17.1 Å². The Hall–Kier alpha value is -2.17. The SMILES string of the molecule is CC(C)c1ccc(CC(=O)OC(CSc2ccccc2)CSc2ccccc2)cc1. The van der Waals surface area contributed by atoms with Gasteiger partial charge in [-0.25, -0.2) is 0 Å². The fraction of sp³-hybridized carbons (Fsp3) is 0.269. The van der Waals surface area contributed by atoms with Crippen molar-refractivity contribution in [3.8, 4) is 0 Å². The first-order valence-electron chi connectivity index (χ1n) is 10.2. The summed E-state index contributed by atoms with van der Waals surface area (Å²) in [5.41, 5.74) is 2.28. The zero-order chi connectivity index (χ0) is 21.2. The van der Waals surface area contributed by atoms with Crippen LogP contribution in [-0.2, 0) is 16.0 Å². The molecule has 0 aliphatic carbocycles. The van der Waals surface area contributed by atoms with Crippen molar-refractivity contribution in [2.45, 2.75) is 42.1 Å². The first-order valence-corrected chi connectivity index (χ1v) is 12.2. The minimum atomic E-state index is -0.167. The molecule has 0 radical (unpaired) electrons. The number of carbonyl (C=O) groups is 1. The molecule has 0 bridgehead atoms. The van der Waals surface area contributed by atoms with Crippen molar-refractivity contribution >= 4 is 29.5 Å². The van der Waals surface area contributed by atoms with Crippen molar-refractivity contribution in [2.24, 2.45) is 0 Å². The van der Waals surface area contributed by atoms with Gasteiger partial charge in [0.15, 0.2) is 0 Å². The molecule has 0 atom stereocenters. The Balaban J connectivity index is 1.58. The van der Waals surface area contributed by atoms with Crippen LogP contribution in [0.15, 0.2) is 94.7 Å². The average Bonchev–Trinajstić information content (AvgIpc) is 2.77. The molecule has 30 heavy (non-hydrogen) atoms. The van der Waals surface area contributed by atoms with Gasteiger partial charge in [0.2, 0.25) is 0 Å². The highest BCUT2D eigenvalue weighted by molar-refractivity contribution is 8.00. The highest BCUT2D eigenvalue weighted by atomic mass is 32.2. The lowest BCUT2D eigenvalue weighted by molar-refractivity contribution is -0.146. The summed E-state index contributed by atoms with van der Waals surface area (Å²) in [6, 6.07) is 28.8. The smallest absolute Gasteiger partial charge is 0.310 e. The van der Waals surface area contributed by atoms with Crippen LogP contribution in [0.3, 0.4) is 0 Å². The summed E-state index contributed by atoms with van der Waals surface area (Å²) < 4.78 is 5.89. The van der Waals surface area contributed by atoms with Gasteiger partial charge >= 0.3 is 5.97 Å². The molecule has 156 valence electrons. The van der Waals surface area contributed by atoms with E-state index in [2.05, 4.69) is 50.2 Å². The number of carbonyl (C=O) groups excluding carboxylic acids is 1. The molecular formula is C26H28O2S2. The van der Waals surface area contributed by atoms with Crippen LogP contribution in [0, 0.1) is 0 Å². The Labute approximate surface area is 188 Å². The van der Waals surface area contributed by atoms with Gasteiger partial charge in [-0.2, -0.15) is 0 Å². The molecule has 0 fully saturated rings. The molecule has 0 saturated heterocycles. The summed E-state index contributed by atoms with van der Waals surface area (Å²) in [6.07, 6.45) is 0.156. The standard InChI is InChI=1S/C26H28O2S2/c1-20(2)22-15-13-21(14-16-22)17-26(27)28-23(18-29-24-9-5-3-6-10-24)19-30-25-11-7-4-8-12-25/h3-16,20,23H,17-19H2,1-2H3. The third-order valence-corrected chi connectivity index (χ3v) is 6.94. The Kier molecular flexibility index (Phi) is 8.91. The topological polar surface area (TPSA) is 26.3 Å². The third kappa shape index (κ3) is 7.58. The summed E-state index contributed by atoms with van der Waals surface area (Å²) in [5, 5.41) is 0. The maximum Gasteiger partial charge on any atom is 0.310 e. The average molecular weight is 437 g/mol. The number of hydrogen-bond acceptors (Lipinski definition) is 4. The molecule has 3 aromatic carbocycles. The van der Waals surface area contributed by atoms with E-state index >= 15 is 0 Å². The molecule has 0 spiro atoms. The molecule has 0 heterocycles. The second-order valence-corrected chi connectivity index (χ2v) is 9.62. The van der Waals surface area contributed by atoms with E-state index in [9.17, 15) is 4.79 Å². The number of thioether (sulfide) groups is 2. The van der Waals surface area contributed by atoms with Gasteiger partial charge in [-0.05, 0) is 41.3 Å². The van der Waals surface area contributed by atoms with E-state index in [4.69, 9.17) is 4.74 Å². The molecule has 0 amide bonds. The largest absolute Gasteiger partial charge is 0.460 e. The lowest BCUT2D eigenvalue weighted by Gasteiger charge is -2.18. The van der Waals surface area contributed by atoms with Crippen molar-refractivity contribution in [3.05, 3.63) is 96.1 Å². The molecule has 0 unspecified atom stereocenters. The molecule has 4 heteroatoms. The Bertz CT molecular complexity index is 850. The predicted octanol–water partition coefficient (Wildman–Crippen LogP) is 6.85. The quantitative estimate of drug-likeness (QED) is 0.256. The molecule has 0 aliphatic rings. The minimum Gasteiger partial charge on any atom is -0.460 e. The molecule has 0 saturated carbocycles. The summed E-state index contributed by atoms with van der Waals surface area (Å²) in [4.78, 5) is 15.0. The van der Waals surface area contributed by atoms with Gasteiger partial charge in [-0.3, -0.25) is 4.79 Å².